The maximum absolute atomic E-state index is 13.5. The predicted molar refractivity (Wildman–Crippen MR) is 154 cm³/mol. The second-order valence-electron chi connectivity index (χ2n) is 9.10. The van der Waals surface area contributed by atoms with Crippen LogP contribution in [0, 0.1) is 0 Å². The first-order valence-electron chi connectivity index (χ1n) is 12.5. The first kappa shape index (κ1) is 30.6. The maximum atomic E-state index is 13.5. The number of aryl methyl sites for hydroxylation is 1. The predicted octanol–water partition coefficient (Wildman–Crippen LogP) is 6.01. The van der Waals surface area contributed by atoms with Gasteiger partial charge in [-0.05, 0) is 47.8 Å². The fourth-order valence-electron chi connectivity index (χ4n) is 4.00. The molecule has 1 amide bonds. The van der Waals surface area contributed by atoms with Crippen LogP contribution in [0.2, 0.25) is 5.02 Å². The van der Waals surface area contributed by atoms with Crippen molar-refractivity contribution in [2.45, 2.75) is 39.8 Å². The van der Waals surface area contributed by atoms with Gasteiger partial charge in [-0.25, -0.2) is 4.68 Å². The molecule has 40 heavy (non-hydrogen) atoms. The molecular weight excluding hydrogens is 545 g/mol. The van der Waals surface area contributed by atoms with E-state index in [1.54, 1.807) is 42.8 Å². The van der Waals surface area contributed by atoms with Crippen LogP contribution in [0.3, 0.4) is 0 Å². The molecule has 1 aliphatic heterocycles. The van der Waals surface area contributed by atoms with Crippen molar-refractivity contribution in [1.82, 2.24) is 14.8 Å². The molecule has 0 saturated heterocycles. The molecule has 1 aromatic carbocycles. The van der Waals surface area contributed by atoms with E-state index in [2.05, 4.69) is 20.5 Å². The highest BCUT2D eigenvalue weighted by Gasteiger charge is 2.26. The van der Waals surface area contributed by atoms with E-state index in [1.165, 1.54) is 19.0 Å². The Morgan fingerprint density at radius 2 is 1.95 bits per heavy atom. The summed E-state index contributed by atoms with van der Waals surface area (Å²) in [5.41, 5.74) is 6.02. The Hall–Kier alpha value is -3.99. The van der Waals surface area contributed by atoms with Crippen LogP contribution in [0.25, 0.3) is 16.7 Å². The molecule has 1 aliphatic rings. The molecule has 0 unspecified atom stereocenters. The molecule has 0 atom stereocenters. The Kier molecular flexibility index (Phi) is 10.2. The molecule has 2 aromatic rings. The average Bonchev–Trinajstić information content (AvgIpc) is 3.09. The summed E-state index contributed by atoms with van der Waals surface area (Å²) in [5, 5.41) is 6.16. The number of nitrogens with zero attached hydrogens (tertiary/aromatic N) is 5. The monoisotopic (exact) mass is 574 g/mol. The summed E-state index contributed by atoms with van der Waals surface area (Å²) >= 11 is 6.10. The zero-order chi connectivity index (χ0) is 29.4. The third-order valence-corrected chi connectivity index (χ3v) is 6.00. The fourth-order valence-corrected chi connectivity index (χ4v) is 4.13. The van der Waals surface area contributed by atoms with Crippen molar-refractivity contribution in [2.24, 2.45) is 17.0 Å². The fraction of sp³-hybridized carbons (Fsp3) is 0.321. The Balaban J connectivity index is 2.16. The van der Waals surface area contributed by atoms with Crippen molar-refractivity contribution in [2.75, 3.05) is 18.5 Å². The lowest BCUT2D eigenvalue weighted by Crippen LogP contribution is -2.38. The zero-order valence-corrected chi connectivity index (χ0v) is 23.3. The molecule has 0 saturated carbocycles. The van der Waals surface area contributed by atoms with Gasteiger partial charge in [0.05, 0.1) is 12.1 Å². The van der Waals surface area contributed by atoms with Gasteiger partial charge < -0.3 is 0 Å². The van der Waals surface area contributed by atoms with Gasteiger partial charge in [-0.3, -0.25) is 30.0 Å². The first-order valence-corrected chi connectivity index (χ1v) is 12.8. The van der Waals surface area contributed by atoms with Crippen LogP contribution in [-0.4, -0.2) is 52.4 Å². The van der Waals surface area contributed by atoms with E-state index in [9.17, 15) is 22.8 Å². The lowest BCUT2D eigenvalue weighted by molar-refractivity contribution is -0.127. The molecule has 0 aliphatic carbocycles. The number of aromatic nitrogens is 2. The van der Waals surface area contributed by atoms with E-state index < -0.39 is 18.6 Å². The number of nitrogens with one attached hydrogen (secondary N) is 1. The van der Waals surface area contributed by atoms with Crippen molar-refractivity contribution in [3.05, 3.63) is 74.7 Å². The third kappa shape index (κ3) is 8.25. The van der Waals surface area contributed by atoms with Crippen molar-refractivity contribution in [1.29, 1.82) is 0 Å². The Bertz CT molecular complexity index is 1450. The quantitative estimate of drug-likeness (QED) is 0.293. The van der Waals surface area contributed by atoms with Gasteiger partial charge in [0.15, 0.2) is 5.82 Å². The third-order valence-electron chi connectivity index (χ3n) is 5.75. The second kappa shape index (κ2) is 13.4. The molecule has 212 valence electrons. The number of allylic oxidation sites excluding steroid dienone is 4. The molecule has 12 heteroatoms. The highest BCUT2D eigenvalue weighted by molar-refractivity contribution is 6.30. The summed E-state index contributed by atoms with van der Waals surface area (Å²) in [6.07, 6.45) is 4.53. The molecule has 3 rings (SSSR count). The SMILES string of the molecule is CC/C=C(\C=NCC(F)(F)F)CN(Nc1nn(C)c(=O)c(-c2ccc(Cl)cc2)c1C1=CC(C)=CN=CC1)C(C)=O. The summed E-state index contributed by atoms with van der Waals surface area (Å²) in [5.74, 6) is -0.215. The topological polar surface area (TPSA) is 91.9 Å². The van der Waals surface area contributed by atoms with Gasteiger partial charge in [-0.1, -0.05) is 42.8 Å². The number of benzene rings is 1. The summed E-state index contributed by atoms with van der Waals surface area (Å²) in [4.78, 5) is 34.0. The smallest absolute Gasteiger partial charge is 0.283 e. The van der Waals surface area contributed by atoms with E-state index in [1.807, 2.05) is 19.9 Å². The van der Waals surface area contributed by atoms with Crippen LogP contribution in [0.15, 0.2) is 68.5 Å². The van der Waals surface area contributed by atoms with Crippen molar-refractivity contribution in [3.63, 3.8) is 0 Å². The first-order chi connectivity index (χ1) is 18.9. The van der Waals surface area contributed by atoms with E-state index in [0.29, 0.717) is 40.1 Å². The van der Waals surface area contributed by atoms with Gasteiger partial charge in [0.25, 0.3) is 5.56 Å². The Morgan fingerprint density at radius 3 is 2.58 bits per heavy atom. The van der Waals surface area contributed by atoms with E-state index in [0.717, 1.165) is 22.0 Å². The number of alkyl halides is 3. The molecule has 0 radical (unpaired) electrons. The maximum Gasteiger partial charge on any atom is 0.407 e. The van der Waals surface area contributed by atoms with Gasteiger partial charge in [0.2, 0.25) is 5.91 Å². The van der Waals surface area contributed by atoms with Crippen LogP contribution in [0.5, 0.6) is 0 Å². The van der Waals surface area contributed by atoms with Crippen LogP contribution < -0.4 is 11.0 Å². The van der Waals surface area contributed by atoms with Crippen LogP contribution in [-0.2, 0) is 11.8 Å². The number of halogens is 4. The summed E-state index contributed by atoms with van der Waals surface area (Å²) in [6, 6.07) is 6.79. The number of anilines is 1. The minimum atomic E-state index is -4.44. The number of carbonyl (C=O) groups is 1. The van der Waals surface area contributed by atoms with Crippen molar-refractivity contribution >= 4 is 41.3 Å². The minimum absolute atomic E-state index is 0.0930. The second-order valence-corrected chi connectivity index (χ2v) is 9.54. The molecule has 1 N–H and O–H groups in total. The molecule has 0 spiro atoms. The minimum Gasteiger partial charge on any atom is -0.283 e. The van der Waals surface area contributed by atoms with E-state index >= 15 is 0 Å². The largest absolute Gasteiger partial charge is 0.407 e. The summed E-state index contributed by atoms with van der Waals surface area (Å²) in [7, 11) is 1.50. The van der Waals surface area contributed by atoms with Crippen LogP contribution in [0.4, 0.5) is 19.0 Å². The van der Waals surface area contributed by atoms with Crippen molar-refractivity contribution in [3.8, 4) is 11.1 Å². The zero-order valence-electron chi connectivity index (χ0n) is 22.6. The number of aliphatic imine (C=N–C) groups is 2. The lowest BCUT2D eigenvalue weighted by Gasteiger charge is -2.26. The molecule has 8 nitrogen and oxygen atoms in total. The Labute approximate surface area is 235 Å². The van der Waals surface area contributed by atoms with Crippen LogP contribution >= 0.6 is 11.6 Å². The van der Waals surface area contributed by atoms with Crippen molar-refractivity contribution < 1.29 is 18.0 Å². The van der Waals surface area contributed by atoms with Gasteiger partial charge in [0, 0.05) is 49.6 Å². The normalized spacial score (nSPS) is 14.2. The molecule has 0 bridgehead atoms. The number of carbonyl (C=O) groups excluding carboxylic acids is 1. The molecular formula is C28H30ClF3N6O2. The lowest BCUT2D eigenvalue weighted by atomic mass is 9.93. The van der Waals surface area contributed by atoms with Gasteiger partial charge in [0.1, 0.15) is 6.54 Å². The number of hydrazine groups is 1. The van der Waals surface area contributed by atoms with Gasteiger partial charge >= 0.3 is 6.18 Å². The Morgan fingerprint density at radius 1 is 1.25 bits per heavy atom. The summed E-state index contributed by atoms with van der Waals surface area (Å²) < 4.78 is 39.1. The average molecular weight is 575 g/mol. The van der Waals surface area contributed by atoms with E-state index in [4.69, 9.17) is 11.6 Å². The highest BCUT2D eigenvalue weighted by atomic mass is 35.5. The molecule has 1 aromatic heterocycles. The molecule has 0 fully saturated rings. The number of hydrogen-bond acceptors (Lipinski definition) is 6. The van der Waals surface area contributed by atoms with E-state index in [-0.39, 0.29) is 17.9 Å². The van der Waals surface area contributed by atoms with Crippen LogP contribution in [0.1, 0.15) is 39.2 Å². The standard InChI is InChI=1S/C28H30ClF3N6O2/c1-5-6-20(15-34-17-28(30,31)32)16-38(19(3)39)36-26-24(22-11-12-33-14-18(2)13-22)25(27(40)37(4)35-26)21-7-9-23(29)10-8-21/h6-10,12-15H,5,11,16-17H2,1-4H3,(H,35,36)/b20-6+,34-15?. The number of rotatable bonds is 9. The highest BCUT2D eigenvalue weighted by Crippen LogP contribution is 2.34. The summed E-state index contributed by atoms with van der Waals surface area (Å²) in [6.45, 7) is 3.58. The molecule has 2 heterocycles. The number of hydrogen-bond donors (Lipinski definition) is 1. The van der Waals surface area contributed by atoms with Gasteiger partial charge in [-0.15, -0.1) is 0 Å². The number of amides is 1. The van der Waals surface area contributed by atoms with Gasteiger partial charge in [-0.2, -0.15) is 18.3 Å².